The van der Waals surface area contributed by atoms with Gasteiger partial charge in [0, 0.05) is 30.4 Å². The molecule has 7 heteroatoms. The minimum atomic E-state index is -0.987. The number of aryl methyl sites for hydroxylation is 1. The molecule has 23 heavy (non-hydrogen) atoms. The minimum Gasteiger partial charge on any atom is -0.481 e. The molecule has 1 aromatic rings. The van der Waals surface area contributed by atoms with E-state index in [1.54, 1.807) is 17.0 Å². The van der Waals surface area contributed by atoms with E-state index in [-0.39, 0.29) is 25.1 Å². The molecule has 0 aromatic heterocycles. The Labute approximate surface area is 139 Å². The van der Waals surface area contributed by atoms with Crippen LogP contribution in [0.1, 0.15) is 12.0 Å². The predicted octanol–water partition coefficient (Wildman–Crippen LogP) is 2.60. The first kappa shape index (κ1) is 16.1. The molecule has 1 aromatic carbocycles. The Balaban J connectivity index is 1.76. The molecular formula is C16H19ClN2O4. The van der Waals surface area contributed by atoms with Crippen LogP contribution in [0, 0.1) is 18.3 Å². The number of fused-ring (bicyclic) bond motifs is 1. The Morgan fingerprint density at radius 2 is 2.26 bits per heavy atom. The monoisotopic (exact) mass is 338 g/mol. The molecule has 0 spiro atoms. The van der Waals surface area contributed by atoms with Gasteiger partial charge in [-0.25, -0.2) is 4.79 Å². The maximum absolute atomic E-state index is 12.5. The number of nitrogens with zero attached hydrogens (tertiary/aromatic N) is 1. The number of urea groups is 1. The summed E-state index contributed by atoms with van der Waals surface area (Å²) in [5.74, 6) is -0.962. The molecule has 2 fully saturated rings. The third-order valence-electron chi connectivity index (χ3n) is 4.82. The molecule has 3 rings (SSSR count). The maximum atomic E-state index is 12.5. The molecule has 2 saturated heterocycles. The minimum absolute atomic E-state index is 0.0695. The molecule has 0 bridgehead atoms. The highest BCUT2D eigenvalue weighted by Crippen LogP contribution is 2.41. The molecule has 2 amide bonds. The number of amides is 2. The molecule has 2 aliphatic heterocycles. The number of carboxylic acids is 1. The van der Waals surface area contributed by atoms with Gasteiger partial charge in [-0.1, -0.05) is 17.7 Å². The second kappa shape index (κ2) is 6.02. The van der Waals surface area contributed by atoms with Gasteiger partial charge in [0.2, 0.25) is 0 Å². The normalized spacial score (nSPS) is 26.7. The van der Waals surface area contributed by atoms with Crippen LogP contribution >= 0.6 is 11.6 Å². The van der Waals surface area contributed by atoms with Gasteiger partial charge in [-0.3, -0.25) is 4.79 Å². The molecule has 2 N–H and O–H groups in total. The van der Waals surface area contributed by atoms with Crippen molar-refractivity contribution in [3.63, 3.8) is 0 Å². The standard InChI is InChI=1S/C16H19ClN2O4/c1-10-2-3-12(17)6-13(10)18-15(22)19-7-11-4-5-23-9-16(11,8-19)14(20)21/h2-3,6,11H,4-5,7-9H2,1H3,(H,18,22)(H,20,21)/t11-,16+/m0/s1. The van der Waals surface area contributed by atoms with Crippen LogP contribution < -0.4 is 5.32 Å². The van der Waals surface area contributed by atoms with E-state index in [1.807, 2.05) is 13.0 Å². The van der Waals surface area contributed by atoms with E-state index >= 15 is 0 Å². The summed E-state index contributed by atoms with van der Waals surface area (Å²) in [4.78, 5) is 25.8. The van der Waals surface area contributed by atoms with Gasteiger partial charge in [-0.05, 0) is 37.0 Å². The largest absolute Gasteiger partial charge is 0.481 e. The fourth-order valence-corrected chi connectivity index (χ4v) is 3.54. The number of hydrogen-bond acceptors (Lipinski definition) is 3. The second-order valence-corrected chi connectivity index (χ2v) is 6.71. The molecule has 2 aliphatic rings. The quantitative estimate of drug-likeness (QED) is 0.868. The lowest BCUT2D eigenvalue weighted by Gasteiger charge is -2.33. The van der Waals surface area contributed by atoms with Crippen LogP contribution in [0.2, 0.25) is 5.02 Å². The lowest BCUT2D eigenvalue weighted by atomic mass is 9.76. The number of hydrogen-bond donors (Lipinski definition) is 2. The lowest BCUT2D eigenvalue weighted by Crippen LogP contribution is -2.46. The zero-order chi connectivity index (χ0) is 16.6. The topological polar surface area (TPSA) is 78.9 Å². The Bertz CT molecular complexity index is 651. The molecule has 0 saturated carbocycles. The van der Waals surface area contributed by atoms with E-state index in [9.17, 15) is 14.7 Å². The highest BCUT2D eigenvalue weighted by Gasteiger charge is 2.55. The van der Waals surface area contributed by atoms with Gasteiger partial charge in [0.25, 0.3) is 0 Å². The van der Waals surface area contributed by atoms with Gasteiger partial charge in [0.1, 0.15) is 5.41 Å². The average molecular weight is 339 g/mol. The number of aliphatic carboxylic acids is 1. The second-order valence-electron chi connectivity index (χ2n) is 6.27. The molecule has 0 aliphatic carbocycles. The van der Waals surface area contributed by atoms with Crippen molar-refractivity contribution in [1.82, 2.24) is 4.90 Å². The van der Waals surface area contributed by atoms with Crippen LogP contribution in [0.4, 0.5) is 10.5 Å². The molecule has 0 radical (unpaired) electrons. The van der Waals surface area contributed by atoms with Crippen molar-refractivity contribution in [2.24, 2.45) is 11.3 Å². The predicted molar refractivity (Wildman–Crippen MR) is 85.8 cm³/mol. The fourth-order valence-electron chi connectivity index (χ4n) is 3.37. The third kappa shape index (κ3) is 2.88. The maximum Gasteiger partial charge on any atom is 0.321 e. The van der Waals surface area contributed by atoms with E-state index < -0.39 is 11.4 Å². The SMILES string of the molecule is Cc1ccc(Cl)cc1NC(=O)N1C[C@@H]2CCOC[C@]2(C(=O)O)C1. The van der Waals surface area contributed by atoms with E-state index in [1.165, 1.54) is 0 Å². The molecule has 6 nitrogen and oxygen atoms in total. The highest BCUT2D eigenvalue weighted by molar-refractivity contribution is 6.31. The third-order valence-corrected chi connectivity index (χ3v) is 5.05. The molecule has 0 unspecified atom stereocenters. The van der Waals surface area contributed by atoms with Gasteiger partial charge in [0.15, 0.2) is 0 Å². The summed E-state index contributed by atoms with van der Waals surface area (Å²) >= 11 is 5.96. The fraction of sp³-hybridized carbons (Fsp3) is 0.500. The van der Waals surface area contributed by atoms with Crippen LogP contribution in [0.15, 0.2) is 18.2 Å². The number of anilines is 1. The number of benzene rings is 1. The number of ether oxygens (including phenoxy) is 1. The van der Waals surface area contributed by atoms with Gasteiger partial charge < -0.3 is 20.1 Å². The highest BCUT2D eigenvalue weighted by atomic mass is 35.5. The van der Waals surface area contributed by atoms with Gasteiger partial charge >= 0.3 is 12.0 Å². The van der Waals surface area contributed by atoms with Crippen molar-refractivity contribution < 1.29 is 19.4 Å². The van der Waals surface area contributed by atoms with E-state index in [4.69, 9.17) is 16.3 Å². The zero-order valence-corrected chi connectivity index (χ0v) is 13.6. The van der Waals surface area contributed by atoms with Crippen molar-refractivity contribution in [2.75, 3.05) is 31.6 Å². The number of carbonyl (C=O) groups excluding carboxylic acids is 1. The summed E-state index contributed by atoms with van der Waals surface area (Å²) in [6, 6.07) is 4.97. The van der Waals surface area contributed by atoms with E-state index in [2.05, 4.69) is 5.32 Å². The Hall–Kier alpha value is -1.79. The molecule has 124 valence electrons. The average Bonchev–Trinajstić information content (AvgIpc) is 2.92. The summed E-state index contributed by atoms with van der Waals surface area (Å²) < 4.78 is 5.37. The number of carboxylic acid groups (broad SMARTS) is 1. The lowest BCUT2D eigenvalue weighted by molar-refractivity contribution is -0.159. The van der Waals surface area contributed by atoms with Crippen LogP contribution in [0.3, 0.4) is 0 Å². The van der Waals surface area contributed by atoms with Crippen LogP contribution in [-0.2, 0) is 9.53 Å². The van der Waals surface area contributed by atoms with Crippen LogP contribution in [-0.4, -0.2) is 48.3 Å². The smallest absolute Gasteiger partial charge is 0.321 e. The zero-order valence-electron chi connectivity index (χ0n) is 12.8. The van der Waals surface area contributed by atoms with Crippen LogP contribution in [0.25, 0.3) is 0 Å². The van der Waals surface area contributed by atoms with Crippen molar-refractivity contribution in [3.05, 3.63) is 28.8 Å². The molecule has 2 heterocycles. The number of halogens is 1. The van der Waals surface area contributed by atoms with E-state index in [0.29, 0.717) is 30.3 Å². The van der Waals surface area contributed by atoms with Gasteiger partial charge in [-0.2, -0.15) is 0 Å². The van der Waals surface area contributed by atoms with Crippen molar-refractivity contribution >= 4 is 29.3 Å². The van der Waals surface area contributed by atoms with E-state index in [0.717, 1.165) is 5.56 Å². The van der Waals surface area contributed by atoms with Crippen molar-refractivity contribution in [2.45, 2.75) is 13.3 Å². The number of rotatable bonds is 2. The van der Waals surface area contributed by atoms with Gasteiger partial charge in [-0.15, -0.1) is 0 Å². The van der Waals surface area contributed by atoms with Crippen molar-refractivity contribution in [3.8, 4) is 0 Å². The summed E-state index contributed by atoms with van der Waals surface area (Å²) in [6.45, 7) is 3.18. The number of carbonyl (C=O) groups is 2. The number of likely N-dealkylation sites (tertiary alicyclic amines) is 1. The summed E-state index contributed by atoms with van der Waals surface area (Å²) in [5, 5.41) is 13.0. The number of nitrogens with one attached hydrogen (secondary N) is 1. The van der Waals surface area contributed by atoms with Crippen molar-refractivity contribution in [1.29, 1.82) is 0 Å². The summed E-state index contributed by atoms with van der Waals surface area (Å²) in [7, 11) is 0. The molecule has 2 atom stereocenters. The Kier molecular flexibility index (Phi) is 4.21. The first-order valence-corrected chi connectivity index (χ1v) is 7.93. The first-order chi connectivity index (χ1) is 10.9. The Morgan fingerprint density at radius 1 is 1.48 bits per heavy atom. The van der Waals surface area contributed by atoms with Gasteiger partial charge in [0.05, 0.1) is 6.61 Å². The summed E-state index contributed by atoms with van der Waals surface area (Å²) in [6.07, 6.45) is 0.659. The summed E-state index contributed by atoms with van der Waals surface area (Å²) in [5.41, 5.74) is 0.549. The Morgan fingerprint density at radius 3 is 2.96 bits per heavy atom. The van der Waals surface area contributed by atoms with Crippen LogP contribution in [0.5, 0.6) is 0 Å². The molecular weight excluding hydrogens is 320 g/mol. The first-order valence-electron chi connectivity index (χ1n) is 7.55.